The van der Waals surface area contributed by atoms with E-state index in [0.717, 1.165) is 43.0 Å². The first-order valence-corrected chi connectivity index (χ1v) is 9.39. The van der Waals surface area contributed by atoms with E-state index in [2.05, 4.69) is 32.7 Å². The van der Waals surface area contributed by atoms with Crippen molar-refractivity contribution in [2.45, 2.75) is 0 Å². The highest BCUT2D eigenvalue weighted by atomic mass is 16.1. The van der Waals surface area contributed by atoms with Crippen molar-refractivity contribution in [2.24, 2.45) is 5.73 Å². The van der Waals surface area contributed by atoms with Crippen LogP contribution in [-0.4, -0.2) is 37.1 Å². The van der Waals surface area contributed by atoms with Gasteiger partial charge in [-0.3, -0.25) is 4.79 Å². The topological polar surface area (TPSA) is 83.3 Å². The van der Waals surface area contributed by atoms with Crippen LogP contribution in [-0.2, 0) is 0 Å². The van der Waals surface area contributed by atoms with Crippen LogP contribution < -0.4 is 21.3 Å². The van der Waals surface area contributed by atoms with Gasteiger partial charge in [-0.25, -0.2) is 4.98 Å². The van der Waals surface area contributed by atoms with Gasteiger partial charge in [0.25, 0.3) is 5.91 Å². The van der Waals surface area contributed by atoms with E-state index in [-0.39, 0.29) is 5.69 Å². The number of carbonyl (C=O) groups excluding carboxylic acids is 1. The Hall–Kier alpha value is -3.38. The van der Waals surface area contributed by atoms with E-state index < -0.39 is 5.91 Å². The molecule has 3 aromatic rings. The van der Waals surface area contributed by atoms with Crippen molar-refractivity contribution < 1.29 is 4.79 Å². The number of rotatable bonds is 5. The Morgan fingerprint density at radius 2 is 1.71 bits per heavy atom. The smallest absolute Gasteiger partial charge is 0.269 e. The molecule has 1 saturated heterocycles. The lowest BCUT2D eigenvalue weighted by Crippen LogP contribution is -2.43. The van der Waals surface area contributed by atoms with Gasteiger partial charge in [0, 0.05) is 49.3 Å². The summed E-state index contributed by atoms with van der Waals surface area (Å²) in [5, 5.41) is 6.66. The van der Waals surface area contributed by atoms with Crippen LogP contribution in [0.3, 0.4) is 0 Å². The van der Waals surface area contributed by atoms with E-state index in [0.29, 0.717) is 5.69 Å². The van der Waals surface area contributed by atoms with E-state index >= 15 is 0 Å². The minimum Gasteiger partial charge on any atom is -0.369 e. The summed E-state index contributed by atoms with van der Waals surface area (Å²) in [6, 6.07) is 20.0. The van der Waals surface area contributed by atoms with Gasteiger partial charge >= 0.3 is 0 Å². The first kappa shape index (κ1) is 18.0. The number of carbonyl (C=O) groups is 1. The second-order valence-electron chi connectivity index (χ2n) is 6.76. The molecule has 6 nitrogen and oxygen atoms in total. The molecule has 0 aliphatic carbocycles. The molecule has 1 fully saturated rings. The van der Waals surface area contributed by atoms with Crippen LogP contribution >= 0.6 is 0 Å². The van der Waals surface area contributed by atoms with E-state index in [1.165, 1.54) is 5.69 Å². The van der Waals surface area contributed by atoms with Gasteiger partial charge in [0.05, 0.1) is 5.69 Å². The van der Waals surface area contributed by atoms with Crippen LogP contribution in [0.1, 0.15) is 10.5 Å². The van der Waals surface area contributed by atoms with Crippen LogP contribution in [0.15, 0.2) is 66.9 Å². The fourth-order valence-corrected chi connectivity index (χ4v) is 3.38. The quantitative estimate of drug-likeness (QED) is 0.640. The molecule has 0 radical (unpaired) electrons. The standard InChI is InChI=1S/C22H23N5O/c23-22(28)21-20(14-17(15-25-21)16-4-2-1-3-5-16)26-18-6-8-19(9-7-18)27-12-10-24-11-13-27/h1-9,14-15,24,26H,10-13H2,(H2,23,28). The zero-order valence-electron chi connectivity index (χ0n) is 15.6. The number of benzene rings is 2. The molecule has 0 spiro atoms. The SMILES string of the molecule is NC(=O)c1ncc(-c2ccccc2)cc1Nc1ccc(N2CCNCC2)cc1. The number of piperazine rings is 1. The van der Waals surface area contributed by atoms with Gasteiger partial charge in [0.15, 0.2) is 5.69 Å². The number of hydrogen-bond donors (Lipinski definition) is 3. The van der Waals surface area contributed by atoms with Gasteiger partial charge in [-0.05, 0) is 35.9 Å². The average Bonchev–Trinajstić information content (AvgIpc) is 2.75. The van der Waals surface area contributed by atoms with Gasteiger partial charge in [0.1, 0.15) is 0 Å². The first-order valence-electron chi connectivity index (χ1n) is 9.39. The lowest BCUT2D eigenvalue weighted by molar-refractivity contribution is 0.0996. The molecule has 142 valence electrons. The second-order valence-corrected chi connectivity index (χ2v) is 6.76. The van der Waals surface area contributed by atoms with Crippen molar-refractivity contribution in [1.82, 2.24) is 10.3 Å². The molecule has 0 bridgehead atoms. The second kappa shape index (κ2) is 8.10. The van der Waals surface area contributed by atoms with Crippen LogP contribution in [0.2, 0.25) is 0 Å². The fourth-order valence-electron chi connectivity index (χ4n) is 3.38. The Balaban J connectivity index is 1.60. The Morgan fingerprint density at radius 3 is 2.39 bits per heavy atom. The van der Waals surface area contributed by atoms with Crippen molar-refractivity contribution in [3.8, 4) is 11.1 Å². The van der Waals surface area contributed by atoms with Crippen molar-refractivity contribution >= 4 is 23.0 Å². The summed E-state index contributed by atoms with van der Waals surface area (Å²) >= 11 is 0. The lowest BCUT2D eigenvalue weighted by Gasteiger charge is -2.29. The van der Waals surface area contributed by atoms with Gasteiger partial charge in [0.2, 0.25) is 0 Å². The van der Waals surface area contributed by atoms with E-state index in [4.69, 9.17) is 5.73 Å². The maximum Gasteiger partial charge on any atom is 0.269 e. The molecule has 2 heterocycles. The Bertz CT molecular complexity index is 950. The number of amides is 1. The maximum atomic E-state index is 11.8. The Labute approximate surface area is 164 Å². The normalized spacial score (nSPS) is 13.9. The molecule has 1 aromatic heterocycles. The number of anilines is 3. The molecule has 0 atom stereocenters. The summed E-state index contributed by atoms with van der Waals surface area (Å²) in [5.41, 5.74) is 10.4. The molecule has 0 saturated carbocycles. The lowest BCUT2D eigenvalue weighted by atomic mass is 10.1. The number of nitrogens with zero attached hydrogens (tertiary/aromatic N) is 2. The molecule has 4 N–H and O–H groups in total. The molecule has 0 unspecified atom stereocenters. The number of primary amides is 1. The predicted octanol–water partition coefficient (Wildman–Crippen LogP) is 3.00. The summed E-state index contributed by atoms with van der Waals surface area (Å²) in [6.07, 6.45) is 1.67. The minimum absolute atomic E-state index is 0.228. The third-order valence-corrected chi connectivity index (χ3v) is 4.86. The number of aromatic nitrogens is 1. The van der Waals surface area contributed by atoms with Crippen molar-refractivity contribution in [2.75, 3.05) is 36.4 Å². The number of hydrogen-bond acceptors (Lipinski definition) is 5. The zero-order chi connectivity index (χ0) is 19.3. The molecule has 6 heteroatoms. The fraction of sp³-hybridized carbons (Fsp3) is 0.182. The minimum atomic E-state index is -0.556. The van der Waals surface area contributed by atoms with Crippen LogP contribution in [0, 0.1) is 0 Å². The van der Waals surface area contributed by atoms with Gasteiger partial charge in [-0.15, -0.1) is 0 Å². The molecular formula is C22H23N5O. The van der Waals surface area contributed by atoms with Crippen molar-refractivity contribution in [3.05, 3.63) is 72.6 Å². The number of nitrogens with one attached hydrogen (secondary N) is 2. The average molecular weight is 373 g/mol. The highest BCUT2D eigenvalue weighted by Crippen LogP contribution is 2.27. The third-order valence-electron chi connectivity index (χ3n) is 4.86. The Morgan fingerprint density at radius 1 is 1.00 bits per heavy atom. The highest BCUT2D eigenvalue weighted by Gasteiger charge is 2.13. The van der Waals surface area contributed by atoms with Crippen molar-refractivity contribution in [1.29, 1.82) is 0 Å². The van der Waals surface area contributed by atoms with Crippen molar-refractivity contribution in [3.63, 3.8) is 0 Å². The third kappa shape index (κ3) is 3.97. The Kier molecular flexibility index (Phi) is 5.21. The van der Waals surface area contributed by atoms with Gasteiger partial charge < -0.3 is 21.3 Å². The molecule has 4 rings (SSSR count). The molecule has 28 heavy (non-hydrogen) atoms. The van der Waals surface area contributed by atoms with Crippen LogP contribution in [0.25, 0.3) is 11.1 Å². The van der Waals surface area contributed by atoms with Crippen LogP contribution in [0.4, 0.5) is 17.1 Å². The van der Waals surface area contributed by atoms with E-state index in [1.807, 2.05) is 48.5 Å². The molecule has 2 aromatic carbocycles. The monoisotopic (exact) mass is 373 g/mol. The van der Waals surface area contributed by atoms with Gasteiger partial charge in [-0.2, -0.15) is 0 Å². The molecular weight excluding hydrogens is 350 g/mol. The largest absolute Gasteiger partial charge is 0.369 e. The first-order chi connectivity index (χ1) is 13.7. The van der Waals surface area contributed by atoms with Gasteiger partial charge in [-0.1, -0.05) is 30.3 Å². The summed E-state index contributed by atoms with van der Waals surface area (Å²) in [4.78, 5) is 18.5. The summed E-state index contributed by atoms with van der Waals surface area (Å²) in [7, 11) is 0. The summed E-state index contributed by atoms with van der Waals surface area (Å²) in [6.45, 7) is 4.00. The number of nitrogens with two attached hydrogens (primary N) is 1. The van der Waals surface area contributed by atoms with E-state index in [9.17, 15) is 4.79 Å². The number of pyridine rings is 1. The summed E-state index contributed by atoms with van der Waals surface area (Å²) < 4.78 is 0. The summed E-state index contributed by atoms with van der Waals surface area (Å²) in [5.74, 6) is -0.556. The maximum absolute atomic E-state index is 11.8. The molecule has 1 aliphatic rings. The van der Waals surface area contributed by atoms with E-state index in [1.54, 1.807) is 6.20 Å². The van der Waals surface area contributed by atoms with Crippen LogP contribution in [0.5, 0.6) is 0 Å². The molecule has 1 aliphatic heterocycles. The predicted molar refractivity (Wildman–Crippen MR) is 113 cm³/mol. The highest BCUT2D eigenvalue weighted by molar-refractivity contribution is 5.98. The zero-order valence-corrected chi connectivity index (χ0v) is 15.6. The molecule has 1 amide bonds.